The monoisotopic (exact) mass is 358 g/mol. The van der Waals surface area contributed by atoms with Gasteiger partial charge in [0.15, 0.2) is 0 Å². The number of carbonyl (C=O) groups is 2. The molecule has 0 spiro atoms. The zero-order valence-electron chi connectivity index (χ0n) is 14.5. The number of hydrogen-bond donors (Lipinski definition) is 4. The maximum atomic E-state index is 9.67. The van der Waals surface area contributed by atoms with E-state index in [1.807, 2.05) is 36.4 Å². The summed E-state index contributed by atoms with van der Waals surface area (Å²) >= 11 is 0. The summed E-state index contributed by atoms with van der Waals surface area (Å²) in [5, 5.41) is 26.3. The Morgan fingerprint density at radius 2 is 1.23 bits per heavy atom. The molecule has 2 unspecified atom stereocenters. The number of aliphatic hydroxyl groups is 2. The van der Waals surface area contributed by atoms with Crippen LogP contribution in [0.3, 0.4) is 0 Å². The van der Waals surface area contributed by atoms with Crippen molar-refractivity contribution in [3.05, 3.63) is 54.6 Å². The van der Waals surface area contributed by atoms with Crippen LogP contribution >= 0.6 is 0 Å². The number of nitrogens with zero attached hydrogens (tertiary/aromatic N) is 1. The molecule has 5 N–H and O–H groups in total. The maximum Gasteiger partial charge on any atom is 0.332 e. The summed E-state index contributed by atoms with van der Waals surface area (Å²) in [6.07, 6.45) is -2.24. The molecule has 0 fully saturated rings. The topological polar surface area (TPSA) is 134 Å². The Bertz CT molecular complexity index is 755. The number of hydrogen-bond acceptors (Lipinski definition) is 5. The van der Waals surface area contributed by atoms with Gasteiger partial charge in [0.1, 0.15) is 12.2 Å². The quantitative estimate of drug-likeness (QED) is 0.515. The van der Waals surface area contributed by atoms with Gasteiger partial charge in [-0.2, -0.15) is 0 Å². The third-order valence-corrected chi connectivity index (χ3v) is 3.19. The van der Waals surface area contributed by atoms with E-state index in [0.29, 0.717) is 0 Å². The van der Waals surface area contributed by atoms with Crippen molar-refractivity contribution in [3.63, 3.8) is 0 Å². The van der Waals surface area contributed by atoms with Crippen molar-refractivity contribution in [3.8, 4) is 0 Å². The molecule has 0 bridgehead atoms. The molecule has 0 aliphatic carbocycles. The number of carbonyl (C=O) groups excluding carboxylic acids is 1. The molecule has 2 atom stereocenters. The number of fused-ring (bicyclic) bond motifs is 2. The first-order chi connectivity index (χ1) is 12.2. The Hall–Kier alpha value is -3.03. The van der Waals surface area contributed by atoms with Gasteiger partial charge in [-0.3, -0.25) is 4.79 Å². The molecule has 26 heavy (non-hydrogen) atoms. The molecule has 2 aromatic carbocycles. The third-order valence-electron chi connectivity index (χ3n) is 3.19. The number of aliphatic carboxylic acids is 1. The Morgan fingerprint density at radius 1 is 0.885 bits per heavy atom. The van der Waals surface area contributed by atoms with Crippen molar-refractivity contribution in [1.29, 1.82) is 0 Å². The second-order valence-electron chi connectivity index (χ2n) is 5.47. The van der Waals surface area contributed by atoms with Crippen molar-refractivity contribution in [2.75, 3.05) is 0 Å². The van der Waals surface area contributed by atoms with E-state index in [0.717, 1.165) is 11.0 Å². The van der Waals surface area contributed by atoms with Crippen molar-refractivity contribution in [1.82, 2.24) is 4.98 Å². The van der Waals surface area contributed by atoms with Gasteiger partial charge in [0, 0.05) is 10.8 Å². The standard InChI is InChI=1S/C13H9N.C3H7NO2.C3H6O3/c1-3-7-12-10(5-1)9-11-6-2-4-8-13(11)14-12;1-2(5)3(4)6;1-2(4)3(5)6/h1-9H;2,5H,1H3,(H2,4,6);2,4H,1H3,(H,5,6). The summed E-state index contributed by atoms with van der Waals surface area (Å²) in [7, 11) is 0. The van der Waals surface area contributed by atoms with Crippen LogP contribution in [0.2, 0.25) is 0 Å². The number of carboxylic acids is 1. The Kier molecular flexibility index (Phi) is 8.14. The van der Waals surface area contributed by atoms with E-state index < -0.39 is 24.1 Å². The molecule has 0 saturated carbocycles. The van der Waals surface area contributed by atoms with E-state index in [-0.39, 0.29) is 0 Å². The highest BCUT2D eigenvalue weighted by Gasteiger charge is 2.01. The van der Waals surface area contributed by atoms with Crippen molar-refractivity contribution in [2.24, 2.45) is 5.73 Å². The maximum absolute atomic E-state index is 9.67. The first kappa shape index (κ1) is 21.0. The number of nitrogens with two attached hydrogens (primary N) is 1. The van der Waals surface area contributed by atoms with E-state index in [1.165, 1.54) is 24.6 Å². The molecule has 7 heteroatoms. The Balaban J connectivity index is 0.000000238. The summed E-state index contributed by atoms with van der Waals surface area (Å²) in [5.74, 6) is -1.87. The van der Waals surface area contributed by atoms with Crippen LogP contribution in [0.4, 0.5) is 0 Å². The van der Waals surface area contributed by atoms with Gasteiger partial charge in [-0.05, 0) is 32.0 Å². The molecule has 3 aromatic rings. The van der Waals surface area contributed by atoms with E-state index in [1.54, 1.807) is 0 Å². The van der Waals surface area contributed by atoms with Gasteiger partial charge in [0.05, 0.1) is 11.0 Å². The highest BCUT2D eigenvalue weighted by atomic mass is 16.4. The fourth-order valence-electron chi connectivity index (χ4n) is 1.72. The Labute approximate surface area is 150 Å². The lowest BCUT2D eigenvalue weighted by molar-refractivity contribution is -0.145. The van der Waals surface area contributed by atoms with Crippen LogP contribution < -0.4 is 5.73 Å². The van der Waals surface area contributed by atoms with Gasteiger partial charge in [0.25, 0.3) is 0 Å². The van der Waals surface area contributed by atoms with Gasteiger partial charge >= 0.3 is 5.97 Å². The van der Waals surface area contributed by atoms with Gasteiger partial charge in [-0.25, -0.2) is 9.78 Å². The molecular formula is C19H22N2O5. The summed E-state index contributed by atoms with van der Waals surface area (Å²) in [4.78, 5) is 23.7. The summed E-state index contributed by atoms with van der Waals surface area (Å²) < 4.78 is 0. The third kappa shape index (κ3) is 6.84. The molecular weight excluding hydrogens is 336 g/mol. The van der Waals surface area contributed by atoms with Crippen molar-refractivity contribution in [2.45, 2.75) is 26.1 Å². The normalized spacial score (nSPS) is 12.2. The predicted octanol–water partition coefficient (Wildman–Crippen LogP) is 1.69. The second kappa shape index (κ2) is 10.1. The van der Waals surface area contributed by atoms with Crippen LogP contribution in [0, 0.1) is 0 Å². The molecule has 0 aliphatic rings. The van der Waals surface area contributed by atoms with E-state index in [4.69, 9.17) is 15.3 Å². The largest absolute Gasteiger partial charge is 0.479 e. The fraction of sp³-hybridized carbons (Fsp3) is 0.211. The highest BCUT2D eigenvalue weighted by molar-refractivity contribution is 5.92. The number of aliphatic hydroxyl groups excluding tert-OH is 2. The average molecular weight is 358 g/mol. The molecule has 1 heterocycles. The molecule has 0 radical (unpaired) electrons. The first-order valence-corrected chi connectivity index (χ1v) is 7.85. The molecule has 7 nitrogen and oxygen atoms in total. The molecule has 1 aromatic heterocycles. The van der Waals surface area contributed by atoms with Gasteiger partial charge in [-0.1, -0.05) is 36.4 Å². The minimum absolute atomic E-state index is 0.685. The van der Waals surface area contributed by atoms with Crippen LogP contribution in [-0.2, 0) is 9.59 Å². The molecule has 0 saturated heterocycles. The number of pyridine rings is 1. The van der Waals surface area contributed by atoms with Crippen LogP contribution in [-0.4, -0.2) is 44.4 Å². The van der Waals surface area contributed by atoms with Crippen LogP contribution in [0.1, 0.15) is 13.8 Å². The number of carboxylic acid groups (broad SMARTS) is 1. The zero-order chi connectivity index (χ0) is 19.7. The number of para-hydroxylation sites is 2. The molecule has 3 rings (SSSR count). The number of amides is 1. The Morgan fingerprint density at radius 3 is 1.54 bits per heavy atom. The fourth-order valence-corrected chi connectivity index (χ4v) is 1.72. The number of primary amides is 1. The first-order valence-electron chi connectivity index (χ1n) is 7.85. The average Bonchev–Trinajstić information content (AvgIpc) is 2.60. The predicted molar refractivity (Wildman–Crippen MR) is 99.4 cm³/mol. The van der Waals surface area contributed by atoms with E-state index >= 15 is 0 Å². The minimum Gasteiger partial charge on any atom is -0.479 e. The zero-order valence-corrected chi connectivity index (χ0v) is 14.5. The smallest absolute Gasteiger partial charge is 0.332 e. The lowest BCUT2D eigenvalue weighted by atomic mass is 10.1. The number of benzene rings is 2. The van der Waals surface area contributed by atoms with E-state index in [2.05, 4.69) is 28.9 Å². The highest BCUT2D eigenvalue weighted by Crippen LogP contribution is 2.18. The lowest BCUT2D eigenvalue weighted by Gasteiger charge is -1.99. The van der Waals surface area contributed by atoms with Crippen LogP contribution in [0.25, 0.3) is 21.8 Å². The van der Waals surface area contributed by atoms with Crippen LogP contribution in [0.15, 0.2) is 54.6 Å². The second-order valence-corrected chi connectivity index (χ2v) is 5.47. The molecule has 138 valence electrons. The van der Waals surface area contributed by atoms with Gasteiger partial charge in [-0.15, -0.1) is 0 Å². The summed E-state index contributed by atoms with van der Waals surface area (Å²) in [6, 6.07) is 18.6. The van der Waals surface area contributed by atoms with Gasteiger partial charge in [0.2, 0.25) is 5.91 Å². The number of rotatable bonds is 2. The molecule has 0 aliphatic heterocycles. The lowest BCUT2D eigenvalue weighted by Crippen LogP contribution is -2.24. The van der Waals surface area contributed by atoms with Gasteiger partial charge < -0.3 is 21.1 Å². The SMILES string of the molecule is CC(O)C(=O)O.CC(O)C(N)=O.c1ccc2nc3ccccc3cc2c1. The van der Waals surface area contributed by atoms with E-state index in [9.17, 15) is 9.59 Å². The van der Waals surface area contributed by atoms with Crippen molar-refractivity contribution >= 4 is 33.7 Å². The van der Waals surface area contributed by atoms with Crippen LogP contribution in [0.5, 0.6) is 0 Å². The van der Waals surface area contributed by atoms with Crippen molar-refractivity contribution < 1.29 is 24.9 Å². The number of aromatic nitrogens is 1. The minimum atomic E-state index is -1.23. The molecule has 1 amide bonds. The summed E-state index contributed by atoms with van der Waals surface area (Å²) in [6.45, 7) is 2.52. The summed E-state index contributed by atoms with van der Waals surface area (Å²) in [5.41, 5.74) is 6.67.